The number of anilines is 1. The number of nitrogens with one attached hydrogen (secondary N) is 1. The number of benzene rings is 2. The minimum absolute atomic E-state index is 0.189. The van der Waals surface area contributed by atoms with E-state index in [4.69, 9.17) is 4.74 Å². The standard InChI is InChI=1S/C21H23N3O3/c1-4-27-18-12-8-7-11-17(18)22-20(25)19-15-9-5-6-10-16(15)21(26)24(23-19)13-14(2)3/h5-12,14H,4,13H2,1-3H3,(H,22,25). The van der Waals surface area contributed by atoms with Crippen molar-refractivity contribution >= 4 is 22.4 Å². The minimum atomic E-state index is -0.379. The van der Waals surface area contributed by atoms with E-state index >= 15 is 0 Å². The lowest BCUT2D eigenvalue weighted by Crippen LogP contribution is -2.29. The highest BCUT2D eigenvalue weighted by molar-refractivity contribution is 6.11. The second-order valence-corrected chi connectivity index (χ2v) is 6.66. The van der Waals surface area contributed by atoms with Gasteiger partial charge >= 0.3 is 0 Å². The molecular weight excluding hydrogens is 342 g/mol. The third-order valence-corrected chi connectivity index (χ3v) is 4.06. The molecule has 0 spiro atoms. The first-order valence-electron chi connectivity index (χ1n) is 9.04. The molecule has 0 fully saturated rings. The van der Waals surface area contributed by atoms with Crippen LogP contribution in [0.4, 0.5) is 5.69 Å². The molecule has 27 heavy (non-hydrogen) atoms. The van der Waals surface area contributed by atoms with Crippen LogP contribution in [-0.2, 0) is 6.54 Å². The number of carbonyl (C=O) groups excluding carboxylic acids is 1. The summed E-state index contributed by atoms with van der Waals surface area (Å²) in [5.41, 5.74) is 0.597. The highest BCUT2D eigenvalue weighted by Gasteiger charge is 2.18. The van der Waals surface area contributed by atoms with E-state index in [1.165, 1.54) is 4.68 Å². The van der Waals surface area contributed by atoms with Crippen molar-refractivity contribution in [2.24, 2.45) is 5.92 Å². The first kappa shape index (κ1) is 18.6. The molecule has 0 saturated heterocycles. The Morgan fingerprint density at radius 3 is 2.48 bits per heavy atom. The van der Waals surface area contributed by atoms with Crippen molar-refractivity contribution in [3.8, 4) is 5.75 Å². The van der Waals surface area contributed by atoms with E-state index in [2.05, 4.69) is 10.4 Å². The van der Waals surface area contributed by atoms with Gasteiger partial charge in [-0.2, -0.15) is 5.10 Å². The number of hydrogen-bond acceptors (Lipinski definition) is 4. The smallest absolute Gasteiger partial charge is 0.276 e. The zero-order chi connectivity index (χ0) is 19.4. The van der Waals surface area contributed by atoms with Crippen LogP contribution in [-0.4, -0.2) is 22.3 Å². The van der Waals surface area contributed by atoms with Gasteiger partial charge in [0.15, 0.2) is 5.69 Å². The van der Waals surface area contributed by atoms with Crippen molar-refractivity contribution in [3.63, 3.8) is 0 Å². The molecule has 1 N–H and O–H groups in total. The second-order valence-electron chi connectivity index (χ2n) is 6.66. The van der Waals surface area contributed by atoms with Crippen LogP contribution < -0.4 is 15.6 Å². The monoisotopic (exact) mass is 365 g/mol. The zero-order valence-electron chi connectivity index (χ0n) is 15.7. The summed E-state index contributed by atoms with van der Waals surface area (Å²) in [6.07, 6.45) is 0. The SMILES string of the molecule is CCOc1ccccc1NC(=O)c1nn(CC(C)C)c(=O)c2ccccc12. The topological polar surface area (TPSA) is 73.2 Å². The molecule has 6 nitrogen and oxygen atoms in total. The molecule has 0 aliphatic carbocycles. The third kappa shape index (κ3) is 4.00. The summed E-state index contributed by atoms with van der Waals surface area (Å²) >= 11 is 0. The molecule has 1 aromatic heterocycles. The molecule has 1 amide bonds. The summed E-state index contributed by atoms with van der Waals surface area (Å²) in [7, 11) is 0. The van der Waals surface area contributed by atoms with E-state index in [1.54, 1.807) is 36.4 Å². The second kappa shape index (κ2) is 8.03. The summed E-state index contributed by atoms with van der Waals surface area (Å²) in [6.45, 7) is 6.82. The molecule has 0 aliphatic heterocycles. The summed E-state index contributed by atoms with van der Waals surface area (Å²) < 4.78 is 6.94. The Balaban J connectivity index is 2.07. The van der Waals surface area contributed by atoms with Crippen molar-refractivity contribution in [2.45, 2.75) is 27.3 Å². The van der Waals surface area contributed by atoms with Crippen LogP contribution in [0.25, 0.3) is 10.8 Å². The number of para-hydroxylation sites is 2. The first-order chi connectivity index (χ1) is 13.0. The molecule has 140 valence electrons. The molecule has 3 rings (SSSR count). The molecule has 0 saturated carbocycles. The van der Waals surface area contributed by atoms with E-state index in [0.29, 0.717) is 35.4 Å². The van der Waals surface area contributed by atoms with Crippen LogP contribution in [0.2, 0.25) is 0 Å². The summed E-state index contributed by atoms with van der Waals surface area (Å²) in [5.74, 6) is 0.440. The molecule has 3 aromatic rings. The molecule has 6 heteroatoms. The van der Waals surface area contributed by atoms with Crippen LogP contribution in [0.1, 0.15) is 31.3 Å². The Morgan fingerprint density at radius 2 is 1.78 bits per heavy atom. The van der Waals surface area contributed by atoms with Crippen LogP contribution in [0.5, 0.6) is 5.75 Å². The lowest BCUT2D eigenvalue weighted by molar-refractivity contribution is 0.102. The van der Waals surface area contributed by atoms with Gasteiger partial charge in [-0.25, -0.2) is 4.68 Å². The molecule has 0 radical (unpaired) electrons. The average Bonchev–Trinajstić information content (AvgIpc) is 2.65. The lowest BCUT2D eigenvalue weighted by atomic mass is 10.1. The summed E-state index contributed by atoms with van der Waals surface area (Å²) in [4.78, 5) is 25.7. The predicted octanol–water partition coefficient (Wildman–Crippen LogP) is 3.70. The number of ether oxygens (including phenoxy) is 1. The number of fused-ring (bicyclic) bond motifs is 1. The van der Waals surface area contributed by atoms with Crippen LogP contribution in [0.15, 0.2) is 53.3 Å². The van der Waals surface area contributed by atoms with E-state index < -0.39 is 0 Å². The van der Waals surface area contributed by atoms with Gasteiger partial charge in [-0.15, -0.1) is 0 Å². The highest BCUT2D eigenvalue weighted by Crippen LogP contribution is 2.25. The maximum atomic E-state index is 13.0. The van der Waals surface area contributed by atoms with Crippen molar-refractivity contribution in [1.29, 1.82) is 0 Å². The Bertz CT molecular complexity index is 1020. The van der Waals surface area contributed by atoms with Gasteiger partial charge in [0.05, 0.1) is 17.7 Å². The fraction of sp³-hybridized carbons (Fsp3) is 0.286. The zero-order valence-corrected chi connectivity index (χ0v) is 15.7. The fourth-order valence-electron chi connectivity index (χ4n) is 2.91. The molecular formula is C21H23N3O3. The summed E-state index contributed by atoms with van der Waals surface area (Å²) in [6, 6.07) is 14.3. The summed E-state index contributed by atoms with van der Waals surface area (Å²) in [5, 5.41) is 8.24. The molecule has 0 atom stereocenters. The van der Waals surface area contributed by atoms with Crippen molar-refractivity contribution in [3.05, 3.63) is 64.6 Å². The Morgan fingerprint density at radius 1 is 1.11 bits per heavy atom. The largest absolute Gasteiger partial charge is 0.492 e. The van der Waals surface area contributed by atoms with Crippen LogP contribution in [0, 0.1) is 5.92 Å². The Kier molecular flexibility index (Phi) is 5.54. The number of hydrogen-bond donors (Lipinski definition) is 1. The Labute approximate surface area is 157 Å². The maximum absolute atomic E-state index is 13.0. The maximum Gasteiger partial charge on any atom is 0.276 e. The van der Waals surface area contributed by atoms with E-state index in [0.717, 1.165) is 0 Å². The van der Waals surface area contributed by atoms with Gasteiger partial charge < -0.3 is 10.1 Å². The van der Waals surface area contributed by atoms with E-state index in [9.17, 15) is 9.59 Å². The predicted molar refractivity (Wildman–Crippen MR) is 106 cm³/mol. The van der Waals surface area contributed by atoms with Crippen molar-refractivity contribution in [1.82, 2.24) is 9.78 Å². The highest BCUT2D eigenvalue weighted by atomic mass is 16.5. The number of rotatable bonds is 6. The van der Waals surface area contributed by atoms with Gasteiger partial charge in [0, 0.05) is 11.9 Å². The van der Waals surface area contributed by atoms with Crippen LogP contribution in [0.3, 0.4) is 0 Å². The van der Waals surface area contributed by atoms with Crippen molar-refractivity contribution < 1.29 is 9.53 Å². The van der Waals surface area contributed by atoms with Gasteiger partial charge in [-0.05, 0) is 31.0 Å². The fourth-order valence-corrected chi connectivity index (χ4v) is 2.91. The molecule has 2 aromatic carbocycles. The van der Waals surface area contributed by atoms with Crippen LogP contribution >= 0.6 is 0 Å². The minimum Gasteiger partial charge on any atom is -0.492 e. The van der Waals surface area contributed by atoms with Gasteiger partial charge in [0.25, 0.3) is 11.5 Å². The average molecular weight is 365 g/mol. The number of aromatic nitrogens is 2. The van der Waals surface area contributed by atoms with Gasteiger partial charge in [0.2, 0.25) is 0 Å². The first-order valence-corrected chi connectivity index (χ1v) is 9.04. The quantitative estimate of drug-likeness (QED) is 0.723. The molecule has 0 aliphatic rings. The molecule has 0 unspecified atom stereocenters. The van der Waals surface area contributed by atoms with Gasteiger partial charge in [0.1, 0.15) is 5.75 Å². The molecule has 1 heterocycles. The normalized spacial score (nSPS) is 11.0. The number of carbonyl (C=O) groups is 1. The van der Waals surface area contributed by atoms with Gasteiger partial charge in [-0.1, -0.05) is 44.2 Å². The van der Waals surface area contributed by atoms with Gasteiger partial charge in [-0.3, -0.25) is 9.59 Å². The molecule has 0 bridgehead atoms. The third-order valence-electron chi connectivity index (χ3n) is 4.06. The Hall–Kier alpha value is -3.15. The lowest BCUT2D eigenvalue weighted by Gasteiger charge is -2.14. The van der Waals surface area contributed by atoms with Crippen molar-refractivity contribution in [2.75, 3.05) is 11.9 Å². The number of nitrogens with zero attached hydrogens (tertiary/aromatic N) is 2. The van der Waals surface area contributed by atoms with E-state index in [-0.39, 0.29) is 23.1 Å². The number of amides is 1. The van der Waals surface area contributed by atoms with E-state index in [1.807, 2.05) is 32.9 Å².